The highest BCUT2D eigenvalue weighted by Gasteiger charge is 2.16. The van der Waals surface area contributed by atoms with Crippen molar-refractivity contribution in [3.8, 4) is 5.75 Å². The van der Waals surface area contributed by atoms with Gasteiger partial charge in [-0.05, 0) is 17.5 Å². The zero-order valence-corrected chi connectivity index (χ0v) is 12.5. The van der Waals surface area contributed by atoms with Gasteiger partial charge in [0.1, 0.15) is 5.75 Å². The SMILES string of the molecule is CC(C)c1ccccc1OCC(=O)c1nc(C(=O)O)cs1. The van der Waals surface area contributed by atoms with Crippen molar-refractivity contribution in [2.45, 2.75) is 19.8 Å². The van der Waals surface area contributed by atoms with Crippen molar-refractivity contribution < 1.29 is 19.4 Å². The second-order valence-electron chi connectivity index (χ2n) is 4.75. The van der Waals surface area contributed by atoms with Gasteiger partial charge >= 0.3 is 5.97 Å². The quantitative estimate of drug-likeness (QED) is 0.829. The van der Waals surface area contributed by atoms with Crippen LogP contribution < -0.4 is 4.74 Å². The number of nitrogens with zero attached hydrogens (tertiary/aromatic N) is 1. The number of benzene rings is 1. The fourth-order valence-electron chi connectivity index (χ4n) is 1.79. The summed E-state index contributed by atoms with van der Waals surface area (Å²) in [7, 11) is 0. The molecule has 5 nitrogen and oxygen atoms in total. The predicted molar refractivity (Wildman–Crippen MR) is 79.4 cm³/mol. The molecule has 0 aliphatic heterocycles. The topological polar surface area (TPSA) is 76.5 Å². The molecule has 0 radical (unpaired) electrons. The van der Waals surface area contributed by atoms with Crippen molar-refractivity contribution in [2.75, 3.05) is 6.61 Å². The maximum atomic E-state index is 12.0. The van der Waals surface area contributed by atoms with Crippen molar-refractivity contribution in [3.63, 3.8) is 0 Å². The molecule has 1 aromatic carbocycles. The van der Waals surface area contributed by atoms with Crippen LogP contribution in [0.3, 0.4) is 0 Å². The standard InChI is InChI=1S/C15H15NO4S/c1-9(2)10-5-3-4-6-13(10)20-7-12(17)14-16-11(8-21-14)15(18)19/h3-6,8-9H,7H2,1-2H3,(H,18,19). The number of thiazole rings is 1. The lowest BCUT2D eigenvalue weighted by Crippen LogP contribution is -2.13. The number of ketones is 1. The Bertz CT molecular complexity index is 663. The van der Waals surface area contributed by atoms with E-state index in [1.165, 1.54) is 5.38 Å². The van der Waals surface area contributed by atoms with Crippen LogP contribution in [0.25, 0.3) is 0 Å². The minimum Gasteiger partial charge on any atom is -0.485 e. The molecule has 0 aliphatic rings. The van der Waals surface area contributed by atoms with Crippen molar-refractivity contribution >= 4 is 23.1 Å². The van der Waals surface area contributed by atoms with E-state index in [0.29, 0.717) is 5.75 Å². The smallest absolute Gasteiger partial charge is 0.355 e. The van der Waals surface area contributed by atoms with Gasteiger partial charge in [0, 0.05) is 5.38 Å². The van der Waals surface area contributed by atoms with E-state index in [-0.39, 0.29) is 29.0 Å². The number of rotatable bonds is 6. The number of hydrogen-bond donors (Lipinski definition) is 1. The Morgan fingerprint density at radius 3 is 2.67 bits per heavy atom. The lowest BCUT2D eigenvalue weighted by atomic mass is 10.0. The summed E-state index contributed by atoms with van der Waals surface area (Å²) < 4.78 is 5.55. The number of para-hydroxylation sites is 1. The average molecular weight is 305 g/mol. The molecule has 110 valence electrons. The molecular weight excluding hydrogens is 290 g/mol. The van der Waals surface area contributed by atoms with Gasteiger partial charge in [0.25, 0.3) is 0 Å². The van der Waals surface area contributed by atoms with Gasteiger partial charge < -0.3 is 9.84 Å². The fraction of sp³-hybridized carbons (Fsp3) is 0.267. The molecule has 0 unspecified atom stereocenters. The van der Waals surface area contributed by atoms with Gasteiger partial charge in [-0.2, -0.15) is 0 Å². The van der Waals surface area contributed by atoms with Crippen molar-refractivity contribution in [2.24, 2.45) is 0 Å². The third-order valence-corrected chi connectivity index (χ3v) is 3.74. The molecule has 0 atom stereocenters. The van der Waals surface area contributed by atoms with Gasteiger partial charge in [-0.15, -0.1) is 11.3 Å². The summed E-state index contributed by atoms with van der Waals surface area (Å²) in [5.41, 5.74) is 0.904. The van der Waals surface area contributed by atoms with Crippen LogP contribution in [0.15, 0.2) is 29.6 Å². The summed E-state index contributed by atoms with van der Waals surface area (Å²) in [6.45, 7) is 3.93. The number of hydrogen-bond acceptors (Lipinski definition) is 5. The van der Waals surface area contributed by atoms with E-state index in [1.54, 1.807) is 0 Å². The fourth-order valence-corrected chi connectivity index (χ4v) is 2.51. The third-order valence-electron chi connectivity index (χ3n) is 2.86. The summed E-state index contributed by atoms with van der Waals surface area (Å²) in [4.78, 5) is 26.5. The average Bonchev–Trinajstić information content (AvgIpc) is 2.95. The van der Waals surface area contributed by atoms with Gasteiger partial charge in [0.15, 0.2) is 17.3 Å². The summed E-state index contributed by atoms with van der Waals surface area (Å²) in [6, 6.07) is 7.53. The van der Waals surface area contributed by atoms with Crippen LogP contribution >= 0.6 is 11.3 Å². The van der Waals surface area contributed by atoms with E-state index in [1.807, 2.05) is 38.1 Å². The van der Waals surface area contributed by atoms with Gasteiger partial charge in [-0.1, -0.05) is 32.0 Å². The summed E-state index contributed by atoms with van der Waals surface area (Å²) in [5.74, 6) is -0.520. The van der Waals surface area contributed by atoms with Gasteiger partial charge in [0.2, 0.25) is 5.78 Å². The minimum absolute atomic E-state index is 0.120. The van der Waals surface area contributed by atoms with Crippen LogP contribution in [-0.4, -0.2) is 28.4 Å². The Morgan fingerprint density at radius 2 is 2.05 bits per heavy atom. The molecule has 0 spiro atoms. The molecule has 0 aliphatic carbocycles. The van der Waals surface area contributed by atoms with Gasteiger partial charge in [0.05, 0.1) is 0 Å². The Morgan fingerprint density at radius 1 is 1.33 bits per heavy atom. The van der Waals surface area contributed by atoms with Crippen LogP contribution in [0, 0.1) is 0 Å². The summed E-state index contributed by atoms with van der Waals surface area (Å²) in [6.07, 6.45) is 0. The minimum atomic E-state index is -1.14. The molecule has 0 saturated carbocycles. The lowest BCUT2D eigenvalue weighted by molar-refractivity contribution is 0.0691. The molecule has 6 heteroatoms. The highest BCUT2D eigenvalue weighted by Crippen LogP contribution is 2.26. The van der Waals surface area contributed by atoms with Crippen molar-refractivity contribution in [3.05, 3.63) is 45.9 Å². The first-order chi connectivity index (χ1) is 9.99. The number of ether oxygens (including phenoxy) is 1. The van der Waals surface area contributed by atoms with Crippen molar-refractivity contribution in [1.82, 2.24) is 4.98 Å². The van der Waals surface area contributed by atoms with Crippen LogP contribution in [-0.2, 0) is 0 Å². The number of carboxylic acid groups (broad SMARTS) is 1. The first-order valence-corrected chi connectivity index (χ1v) is 7.30. The molecule has 21 heavy (non-hydrogen) atoms. The Hall–Kier alpha value is -2.21. The molecule has 2 aromatic rings. The molecule has 1 heterocycles. The molecule has 0 bridgehead atoms. The van der Waals surface area contributed by atoms with Crippen LogP contribution in [0.4, 0.5) is 0 Å². The highest BCUT2D eigenvalue weighted by molar-refractivity contribution is 7.12. The van der Waals surface area contributed by atoms with E-state index < -0.39 is 5.97 Å². The monoisotopic (exact) mass is 305 g/mol. The van der Waals surface area contributed by atoms with E-state index in [2.05, 4.69) is 4.98 Å². The van der Waals surface area contributed by atoms with E-state index in [4.69, 9.17) is 9.84 Å². The normalized spacial score (nSPS) is 10.6. The molecule has 1 N–H and O–H groups in total. The van der Waals surface area contributed by atoms with Gasteiger partial charge in [-0.3, -0.25) is 4.79 Å². The maximum Gasteiger partial charge on any atom is 0.355 e. The summed E-state index contributed by atoms with van der Waals surface area (Å²) >= 11 is 1.01. The molecule has 0 fully saturated rings. The Kier molecular flexibility index (Phi) is 4.70. The zero-order valence-electron chi connectivity index (χ0n) is 11.7. The second kappa shape index (κ2) is 6.49. The van der Waals surface area contributed by atoms with Gasteiger partial charge in [-0.25, -0.2) is 9.78 Å². The van der Waals surface area contributed by atoms with E-state index >= 15 is 0 Å². The molecule has 0 amide bonds. The highest BCUT2D eigenvalue weighted by atomic mass is 32.1. The zero-order chi connectivity index (χ0) is 15.4. The van der Waals surface area contributed by atoms with E-state index in [9.17, 15) is 9.59 Å². The van der Waals surface area contributed by atoms with E-state index in [0.717, 1.165) is 16.9 Å². The largest absolute Gasteiger partial charge is 0.485 e. The number of aromatic nitrogens is 1. The number of carbonyl (C=O) groups excluding carboxylic acids is 1. The number of carbonyl (C=O) groups is 2. The predicted octanol–water partition coefficient (Wildman–Crippen LogP) is 3.23. The number of Topliss-reactive ketones (excluding diaryl/α,β-unsaturated/α-hetero) is 1. The Labute approximate surface area is 126 Å². The third kappa shape index (κ3) is 3.66. The van der Waals surface area contributed by atoms with Crippen molar-refractivity contribution in [1.29, 1.82) is 0 Å². The van der Waals surface area contributed by atoms with Crippen LogP contribution in [0.2, 0.25) is 0 Å². The second-order valence-corrected chi connectivity index (χ2v) is 5.61. The summed E-state index contributed by atoms with van der Waals surface area (Å²) in [5, 5.41) is 10.3. The lowest BCUT2D eigenvalue weighted by Gasteiger charge is -2.12. The van der Waals surface area contributed by atoms with Crippen LogP contribution in [0.1, 0.15) is 45.6 Å². The van der Waals surface area contributed by atoms with Crippen LogP contribution in [0.5, 0.6) is 5.75 Å². The first-order valence-electron chi connectivity index (χ1n) is 6.42. The molecule has 1 aromatic heterocycles. The first kappa shape index (κ1) is 15.2. The molecule has 2 rings (SSSR count). The molecule has 0 saturated heterocycles. The molecular formula is C15H15NO4S. The number of aromatic carboxylic acids is 1. The maximum absolute atomic E-state index is 12.0. The Balaban J connectivity index is 2.05. The number of carboxylic acids is 1.